The number of nitrogens with one attached hydrogen (secondary N) is 2. The van der Waals surface area contributed by atoms with Gasteiger partial charge in [-0.25, -0.2) is 0 Å². The number of anilines is 1. The van der Waals surface area contributed by atoms with Crippen LogP contribution in [0.1, 0.15) is 52.2 Å². The van der Waals surface area contributed by atoms with Gasteiger partial charge in [-0.2, -0.15) is 0 Å². The lowest BCUT2D eigenvalue weighted by Crippen LogP contribution is -2.20. The van der Waals surface area contributed by atoms with Crippen LogP contribution in [0, 0.1) is 5.92 Å². The van der Waals surface area contributed by atoms with Crippen LogP contribution < -0.4 is 10.6 Å². The summed E-state index contributed by atoms with van der Waals surface area (Å²) in [6, 6.07) is 27.3. The molecule has 2 unspecified atom stereocenters. The number of carbonyl (C=O) groups excluding carboxylic acids is 1. The highest BCUT2D eigenvalue weighted by molar-refractivity contribution is 6.04. The lowest BCUT2D eigenvalue weighted by molar-refractivity contribution is 0.102. The molecule has 0 aromatic heterocycles. The fourth-order valence-corrected chi connectivity index (χ4v) is 4.08. The zero-order valence-corrected chi connectivity index (χ0v) is 17.2. The van der Waals surface area contributed by atoms with E-state index in [0.29, 0.717) is 12.0 Å². The Morgan fingerprint density at radius 3 is 2.40 bits per heavy atom. The fourth-order valence-electron chi connectivity index (χ4n) is 4.08. The van der Waals surface area contributed by atoms with Crippen LogP contribution in [0.4, 0.5) is 5.69 Å². The van der Waals surface area contributed by atoms with Gasteiger partial charge in [0.05, 0.1) is 0 Å². The fraction of sp³-hybridized carbons (Fsp3) is 0.296. The summed E-state index contributed by atoms with van der Waals surface area (Å²) >= 11 is 0. The second-order valence-corrected chi connectivity index (χ2v) is 8.74. The molecule has 0 aliphatic heterocycles. The van der Waals surface area contributed by atoms with E-state index >= 15 is 0 Å². The Labute approximate surface area is 178 Å². The molecule has 2 fully saturated rings. The first kappa shape index (κ1) is 19.1. The minimum absolute atomic E-state index is 0.0456. The molecule has 3 aromatic rings. The Morgan fingerprint density at radius 1 is 0.867 bits per heavy atom. The first-order chi connectivity index (χ1) is 14.7. The number of hydrogen-bond acceptors (Lipinski definition) is 2. The molecule has 0 spiro atoms. The van der Waals surface area contributed by atoms with Gasteiger partial charge in [0.25, 0.3) is 5.91 Å². The van der Waals surface area contributed by atoms with Gasteiger partial charge in [-0.3, -0.25) is 4.79 Å². The van der Waals surface area contributed by atoms with Crippen molar-refractivity contribution >= 4 is 11.6 Å². The van der Waals surface area contributed by atoms with Crippen molar-refractivity contribution in [1.29, 1.82) is 0 Å². The molecule has 3 heteroatoms. The highest BCUT2D eigenvalue weighted by Gasteiger charge is 2.39. The summed E-state index contributed by atoms with van der Waals surface area (Å²) in [5.74, 6) is 1.41. The van der Waals surface area contributed by atoms with Crippen molar-refractivity contribution in [2.24, 2.45) is 5.92 Å². The zero-order valence-electron chi connectivity index (χ0n) is 17.2. The predicted molar refractivity (Wildman–Crippen MR) is 122 cm³/mol. The molecule has 2 saturated carbocycles. The largest absolute Gasteiger partial charge is 0.322 e. The summed E-state index contributed by atoms with van der Waals surface area (Å²) in [5.41, 5.74) is 5.36. The van der Waals surface area contributed by atoms with E-state index in [-0.39, 0.29) is 5.91 Å². The van der Waals surface area contributed by atoms with Gasteiger partial charge in [0.2, 0.25) is 0 Å². The quantitative estimate of drug-likeness (QED) is 0.536. The average Bonchev–Trinajstić information content (AvgIpc) is 3.69. The first-order valence-electron chi connectivity index (χ1n) is 11.0. The Kier molecular flexibility index (Phi) is 5.37. The topological polar surface area (TPSA) is 41.1 Å². The smallest absolute Gasteiger partial charge is 0.255 e. The maximum Gasteiger partial charge on any atom is 0.255 e. The lowest BCUT2D eigenvalue weighted by Gasteiger charge is -2.09. The van der Waals surface area contributed by atoms with E-state index in [0.717, 1.165) is 30.1 Å². The van der Waals surface area contributed by atoms with E-state index in [1.54, 1.807) is 0 Å². The second kappa shape index (κ2) is 8.45. The molecule has 5 rings (SSSR count). The predicted octanol–water partition coefficient (Wildman–Crippen LogP) is 5.39. The number of rotatable bonds is 8. The lowest BCUT2D eigenvalue weighted by atomic mass is 10.0. The molecule has 2 N–H and O–H groups in total. The summed E-state index contributed by atoms with van der Waals surface area (Å²) in [4.78, 5) is 12.8. The maximum atomic E-state index is 12.8. The van der Waals surface area contributed by atoms with Crippen molar-refractivity contribution in [3.05, 3.63) is 101 Å². The van der Waals surface area contributed by atoms with Gasteiger partial charge in [0.1, 0.15) is 0 Å². The Bertz CT molecular complexity index is 1010. The van der Waals surface area contributed by atoms with Gasteiger partial charge in [-0.1, -0.05) is 54.6 Å². The number of hydrogen-bond donors (Lipinski definition) is 2. The van der Waals surface area contributed by atoms with Crippen molar-refractivity contribution in [2.45, 2.75) is 37.6 Å². The van der Waals surface area contributed by atoms with Gasteiger partial charge < -0.3 is 10.6 Å². The highest BCUT2D eigenvalue weighted by atomic mass is 16.1. The van der Waals surface area contributed by atoms with Crippen LogP contribution in [0.3, 0.4) is 0 Å². The zero-order chi connectivity index (χ0) is 20.3. The van der Waals surface area contributed by atoms with Crippen molar-refractivity contribution in [3.63, 3.8) is 0 Å². The minimum atomic E-state index is -0.0456. The van der Waals surface area contributed by atoms with E-state index in [9.17, 15) is 4.79 Å². The van der Waals surface area contributed by atoms with Gasteiger partial charge >= 0.3 is 0 Å². The number of amides is 1. The van der Waals surface area contributed by atoms with Gasteiger partial charge in [-0.15, -0.1) is 0 Å². The van der Waals surface area contributed by atoms with Crippen LogP contribution in [0.25, 0.3) is 0 Å². The molecule has 3 aromatic carbocycles. The normalized spacial score (nSPS) is 20.0. The first-order valence-corrected chi connectivity index (χ1v) is 11.0. The van der Waals surface area contributed by atoms with Crippen LogP contribution >= 0.6 is 0 Å². The van der Waals surface area contributed by atoms with Crippen molar-refractivity contribution in [2.75, 3.05) is 11.9 Å². The molecular weight excluding hydrogens is 368 g/mol. The molecular formula is C27H28N2O. The highest BCUT2D eigenvalue weighted by Crippen LogP contribution is 2.41. The minimum Gasteiger partial charge on any atom is -0.322 e. The van der Waals surface area contributed by atoms with E-state index < -0.39 is 0 Å². The molecule has 0 bridgehead atoms. The molecule has 2 atom stereocenters. The van der Waals surface area contributed by atoms with Crippen LogP contribution in [-0.4, -0.2) is 18.5 Å². The Balaban J connectivity index is 1.18. The molecule has 0 radical (unpaired) electrons. The monoisotopic (exact) mass is 396 g/mol. The van der Waals surface area contributed by atoms with Gasteiger partial charge in [0.15, 0.2) is 0 Å². The van der Waals surface area contributed by atoms with Gasteiger partial charge in [-0.05, 0) is 79.1 Å². The molecule has 152 valence electrons. The van der Waals surface area contributed by atoms with Crippen molar-refractivity contribution in [3.8, 4) is 0 Å². The third-order valence-corrected chi connectivity index (χ3v) is 6.20. The van der Waals surface area contributed by atoms with Crippen molar-refractivity contribution in [1.82, 2.24) is 5.32 Å². The van der Waals surface area contributed by atoms with Crippen LogP contribution in [0.5, 0.6) is 0 Å². The SMILES string of the molecule is O=C(Nc1ccc(Cc2ccccc2)cc1)c1cccc(C2CC2NCC2CC2)c1. The van der Waals surface area contributed by atoms with E-state index in [1.165, 1.54) is 36.0 Å². The Morgan fingerprint density at radius 2 is 1.63 bits per heavy atom. The molecule has 3 nitrogen and oxygen atoms in total. The van der Waals surface area contributed by atoms with E-state index in [1.807, 2.05) is 30.3 Å². The summed E-state index contributed by atoms with van der Waals surface area (Å²) < 4.78 is 0. The molecule has 1 amide bonds. The average molecular weight is 397 g/mol. The standard InChI is InChI=1S/C27H28N2O/c30-27(29-24-13-11-20(12-14-24)15-19-5-2-1-3-6-19)23-8-4-7-22(16-23)25-17-26(25)28-18-21-9-10-21/h1-8,11-14,16,21,25-26,28H,9-10,15,17-18H2,(H,29,30). The van der Waals surface area contributed by atoms with Crippen LogP contribution in [0.2, 0.25) is 0 Å². The molecule has 0 heterocycles. The maximum absolute atomic E-state index is 12.8. The van der Waals surface area contributed by atoms with E-state index in [4.69, 9.17) is 0 Å². The van der Waals surface area contributed by atoms with E-state index in [2.05, 4.69) is 59.2 Å². The summed E-state index contributed by atoms with van der Waals surface area (Å²) in [7, 11) is 0. The van der Waals surface area contributed by atoms with Crippen LogP contribution in [-0.2, 0) is 6.42 Å². The third-order valence-electron chi connectivity index (χ3n) is 6.20. The number of benzene rings is 3. The molecule has 2 aliphatic rings. The summed E-state index contributed by atoms with van der Waals surface area (Å²) in [6.07, 6.45) is 4.84. The Hall–Kier alpha value is -2.91. The molecule has 2 aliphatic carbocycles. The molecule has 30 heavy (non-hydrogen) atoms. The number of carbonyl (C=O) groups is 1. The van der Waals surface area contributed by atoms with Gasteiger partial charge in [0, 0.05) is 23.2 Å². The van der Waals surface area contributed by atoms with Crippen molar-refractivity contribution < 1.29 is 4.79 Å². The third kappa shape index (κ3) is 4.80. The second-order valence-electron chi connectivity index (χ2n) is 8.74. The molecule has 0 saturated heterocycles. The summed E-state index contributed by atoms with van der Waals surface area (Å²) in [6.45, 7) is 1.15. The summed E-state index contributed by atoms with van der Waals surface area (Å²) in [5, 5.41) is 6.72. The van der Waals surface area contributed by atoms with Crippen LogP contribution in [0.15, 0.2) is 78.9 Å².